The van der Waals surface area contributed by atoms with Crippen LogP contribution >= 0.6 is 0 Å². The number of terminal acetylenes is 1. The van der Waals surface area contributed by atoms with Gasteiger partial charge in [0.2, 0.25) is 6.79 Å². The number of nitrogens with zero attached hydrogens (tertiary/aromatic N) is 2. The number of benzene rings is 2. The van der Waals surface area contributed by atoms with E-state index in [9.17, 15) is 9.59 Å². The minimum atomic E-state index is -0.590. The van der Waals surface area contributed by atoms with Crippen molar-refractivity contribution in [3.05, 3.63) is 59.3 Å². The van der Waals surface area contributed by atoms with E-state index in [1.165, 1.54) is 4.90 Å². The highest BCUT2D eigenvalue weighted by Gasteiger charge is 2.52. The second-order valence-electron chi connectivity index (χ2n) is 7.62. The number of rotatable bonds is 2. The average molecular weight is 399 g/mol. The lowest BCUT2D eigenvalue weighted by Gasteiger charge is -2.36. The van der Waals surface area contributed by atoms with Crippen LogP contribution in [-0.2, 0) is 11.2 Å². The summed E-state index contributed by atoms with van der Waals surface area (Å²) in [7, 11) is 0. The number of aromatic amines is 1. The molecule has 0 aliphatic carbocycles. The molecule has 0 saturated carbocycles. The van der Waals surface area contributed by atoms with Crippen LogP contribution in [0.4, 0.5) is 4.79 Å². The summed E-state index contributed by atoms with van der Waals surface area (Å²) < 4.78 is 11.0. The Hall–Kier alpha value is -3.92. The molecule has 148 valence electrons. The Morgan fingerprint density at radius 2 is 1.97 bits per heavy atom. The molecule has 0 bridgehead atoms. The average Bonchev–Trinajstić information content (AvgIpc) is 3.44. The van der Waals surface area contributed by atoms with Crippen LogP contribution in [0.3, 0.4) is 0 Å². The van der Waals surface area contributed by atoms with Crippen molar-refractivity contribution in [3.8, 4) is 23.8 Å². The number of para-hydroxylation sites is 1. The number of H-pyrrole nitrogens is 1. The van der Waals surface area contributed by atoms with Gasteiger partial charge < -0.3 is 14.5 Å². The lowest BCUT2D eigenvalue weighted by Crippen LogP contribution is -2.44. The first kappa shape index (κ1) is 17.0. The molecule has 3 aliphatic rings. The zero-order valence-electron chi connectivity index (χ0n) is 15.9. The molecule has 7 nitrogen and oxygen atoms in total. The number of fused-ring (bicyclic) bond motifs is 5. The number of carbonyl (C=O) groups is 2. The van der Waals surface area contributed by atoms with Crippen LogP contribution < -0.4 is 9.47 Å². The summed E-state index contributed by atoms with van der Waals surface area (Å²) in [6.07, 6.45) is 5.87. The highest BCUT2D eigenvalue weighted by molar-refractivity contribution is 6.06. The molecule has 2 atom stereocenters. The van der Waals surface area contributed by atoms with Crippen molar-refractivity contribution >= 4 is 22.8 Å². The molecule has 30 heavy (non-hydrogen) atoms. The quantitative estimate of drug-likeness (QED) is 0.531. The predicted molar refractivity (Wildman–Crippen MR) is 108 cm³/mol. The fraction of sp³-hybridized carbons (Fsp3) is 0.217. The standard InChI is InChI=1S/C23H17N3O4/c1-2-9-25-22(27)17-11-15-14-5-3-4-6-16(14)24-20(15)21(26(17)23(25)28)13-7-8-18-19(10-13)30-12-29-18/h1,3-8,10,17,21,24H,9,11-12H2/t17-,21+/m0/s1. The number of hydrogen-bond acceptors (Lipinski definition) is 4. The Morgan fingerprint density at radius 1 is 1.13 bits per heavy atom. The van der Waals surface area contributed by atoms with Gasteiger partial charge in [-0.25, -0.2) is 4.79 Å². The van der Waals surface area contributed by atoms with Crippen LogP contribution in [0.25, 0.3) is 10.9 Å². The molecule has 0 radical (unpaired) electrons. The second-order valence-corrected chi connectivity index (χ2v) is 7.62. The van der Waals surface area contributed by atoms with Gasteiger partial charge in [0.15, 0.2) is 11.5 Å². The van der Waals surface area contributed by atoms with E-state index < -0.39 is 12.1 Å². The molecule has 1 aromatic heterocycles. The number of urea groups is 1. The highest BCUT2D eigenvalue weighted by atomic mass is 16.7. The molecular formula is C23H17N3O4. The summed E-state index contributed by atoms with van der Waals surface area (Å²) in [5.74, 6) is 3.47. The van der Waals surface area contributed by atoms with Crippen LogP contribution in [0.2, 0.25) is 0 Å². The molecule has 3 amide bonds. The van der Waals surface area contributed by atoms with Gasteiger partial charge in [0.25, 0.3) is 5.91 Å². The van der Waals surface area contributed by atoms with E-state index in [4.69, 9.17) is 15.9 Å². The third kappa shape index (κ3) is 2.16. The number of hydrogen-bond donors (Lipinski definition) is 1. The molecule has 3 aliphatic heterocycles. The van der Waals surface area contributed by atoms with E-state index in [2.05, 4.69) is 10.9 Å². The van der Waals surface area contributed by atoms with E-state index in [-0.39, 0.29) is 25.3 Å². The van der Waals surface area contributed by atoms with Crippen molar-refractivity contribution in [2.75, 3.05) is 13.3 Å². The number of ether oxygens (including phenoxy) is 2. The molecule has 1 fully saturated rings. The first-order chi connectivity index (χ1) is 14.7. The van der Waals surface area contributed by atoms with Crippen LogP contribution in [0.15, 0.2) is 42.5 Å². The van der Waals surface area contributed by atoms with E-state index in [1.807, 2.05) is 42.5 Å². The van der Waals surface area contributed by atoms with Gasteiger partial charge in [-0.05, 0) is 29.3 Å². The van der Waals surface area contributed by atoms with Gasteiger partial charge in [-0.3, -0.25) is 14.6 Å². The fourth-order valence-electron chi connectivity index (χ4n) is 4.80. The van der Waals surface area contributed by atoms with Crippen molar-refractivity contribution in [1.82, 2.24) is 14.8 Å². The third-order valence-corrected chi connectivity index (χ3v) is 6.10. The molecule has 0 spiro atoms. The van der Waals surface area contributed by atoms with E-state index >= 15 is 0 Å². The van der Waals surface area contributed by atoms with Crippen molar-refractivity contribution < 1.29 is 19.1 Å². The van der Waals surface area contributed by atoms with Gasteiger partial charge in [0, 0.05) is 23.0 Å². The minimum Gasteiger partial charge on any atom is -0.454 e. The molecule has 7 heteroatoms. The van der Waals surface area contributed by atoms with Crippen molar-refractivity contribution in [2.24, 2.45) is 0 Å². The third-order valence-electron chi connectivity index (χ3n) is 6.10. The van der Waals surface area contributed by atoms with Crippen LogP contribution in [0.1, 0.15) is 22.9 Å². The van der Waals surface area contributed by atoms with Crippen molar-refractivity contribution in [3.63, 3.8) is 0 Å². The van der Waals surface area contributed by atoms with Gasteiger partial charge in [0.05, 0.1) is 6.54 Å². The van der Waals surface area contributed by atoms with Gasteiger partial charge in [-0.2, -0.15) is 0 Å². The van der Waals surface area contributed by atoms with Crippen LogP contribution in [-0.4, -0.2) is 46.1 Å². The van der Waals surface area contributed by atoms with Crippen LogP contribution in [0, 0.1) is 12.3 Å². The van der Waals surface area contributed by atoms with Crippen LogP contribution in [0.5, 0.6) is 11.5 Å². The molecular weight excluding hydrogens is 382 g/mol. The monoisotopic (exact) mass is 399 g/mol. The normalized spacial score (nSPS) is 21.7. The Bertz CT molecular complexity index is 1270. The summed E-state index contributed by atoms with van der Waals surface area (Å²) in [4.78, 5) is 32.6. The zero-order valence-corrected chi connectivity index (χ0v) is 15.9. The Balaban J connectivity index is 1.57. The number of carbonyl (C=O) groups excluding carboxylic acids is 2. The maximum Gasteiger partial charge on any atom is 0.329 e. The summed E-state index contributed by atoms with van der Waals surface area (Å²) >= 11 is 0. The maximum atomic E-state index is 13.2. The minimum absolute atomic E-state index is 0.0345. The Kier molecular flexibility index (Phi) is 3.42. The van der Waals surface area contributed by atoms with Gasteiger partial charge in [-0.1, -0.05) is 30.2 Å². The first-order valence-corrected chi connectivity index (χ1v) is 9.73. The molecule has 1 N–H and O–H groups in total. The molecule has 6 rings (SSSR count). The van der Waals surface area contributed by atoms with Gasteiger partial charge in [-0.15, -0.1) is 6.42 Å². The Morgan fingerprint density at radius 3 is 2.83 bits per heavy atom. The highest BCUT2D eigenvalue weighted by Crippen LogP contribution is 2.45. The maximum absolute atomic E-state index is 13.2. The van der Waals surface area contributed by atoms with Gasteiger partial charge >= 0.3 is 6.03 Å². The topological polar surface area (TPSA) is 74.9 Å². The van der Waals surface area contributed by atoms with Crippen molar-refractivity contribution in [1.29, 1.82) is 0 Å². The zero-order chi connectivity index (χ0) is 20.4. The number of nitrogens with one attached hydrogen (secondary N) is 1. The molecule has 0 unspecified atom stereocenters. The summed E-state index contributed by atoms with van der Waals surface area (Å²) in [6, 6.07) is 12.2. The number of imide groups is 1. The smallest absolute Gasteiger partial charge is 0.329 e. The van der Waals surface area contributed by atoms with E-state index in [0.717, 1.165) is 27.7 Å². The molecule has 2 aromatic carbocycles. The van der Waals surface area contributed by atoms with Gasteiger partial charge in [0.1, 0.15) is 12.1 Å². The number of amides is 3. The summed E-state index contributed by atoms with van der Waals surface area (Å²) in [6.45, 7) is 0.133. The SMILES string of the molecule is C#CCN1C(=O)[C@@H]2Cc3c([nH]c4ccccc34)[C@@H](c3ccc4c(c3)OCO4)N2C1=O. The second kappa shape index (κ2) is 6.04. The lowest BCUT2D eigenvalue weighted by atomic mass is 9.88. The Labute approximate surface area is 172 Å². The molecule has 4 heterocycles. The first-order valence-electron chi connectivity index (χ1n) is 9.73. The lowest BCUT2D eigenvalue weighted by molar-refractivity contribution is -0.128. The largest absolute Gasteiger partial charge is 0.454 e. The van der Waals surface area contributed by atoms with E-state index in [1.54, 1.807) is 4.90 Å². The predicted octanol–water partition coefficient (Wildman–Crippen LogP) is 2.81. The van der Waals surface area contributed by atoms with Crippen molar-refractivity contribution in [2.45, 2.75) is 18.5 Å². The van der Waals surface area contributed by atoms with E-state index in [0.29, 0.717) is 17.9 Å². The molecule has 3 aromatic rings. The summed E-state index contributed by atoms with van der Waals surface area (Å²) in [5, 5.41) is 1.06. The number of aromatic nitrogens is 1. The molecule has 1 saturated heterocycles. The fourth-order valence-corrected chi connectivity index (χ4v) is 4.80. The summed E-state index contributed by atoms with van der Waals surface area (Å²) in [5.41, 5.74) is 3.79.